The molecule has 0 atom stereocenters. The number of ether oxygens (including phenoxy) is 1. The molecule has 3 N–H and O–H groups in total. The second-order valence-electron chi connectivity index (χ2n) is 14.8. The molecule has 0 saturated carbocycles. The first-order valence-corrected chi connectivity index (χ1v) is 18.5. The molecule has 0 spiro atoms. The van der Waals surface area contributed by atoms with Crippen LogP contribution in [0.3, 0.4) is 0 Å². The Morgan fingerprint density at radius 1 is 0.768 bits per heavy atom. The SMILES string of the molecule is COC(=O)c1ccc(-c2nnc(Nc3cc(C4CCN(C)CC4)cc(C(F)(F)F)c3)c3ccccc23)cc1-c1c(N)cc(C(F)(F)F)cc1C1CCN(C)CC1. The molecule has 4 aromatic carbocycles. The third-order valence-electron chi connectivity index (χ3n) is 11.1. The number of fused-ring (bicyclic) bond motifs is 1. The van der Waals surface area contributed by atoms with Gasteiger partial charge in [-0.3, -0.25) is 0 Å². The number of carbonyl (C=O) groups excluding carboxylic acids is 1. The third-order valence-corrected chi connectivity index (χ3v) is 11.1. The van der Waals surface area contributed by atoms with Gasteiger partial charge in [0.25, 0.3) is 0 Å². The van der Waals surface area contributed by atoms with Gasteiger partial charge in [0.05, 0.1) is 23.8 Å². The minimum absolute atomic E-state index is 0.0277. The van der Waals surface area contributed by atoms with Crippen LogP contribution in [0.5, 0.6) is 0 Å². The molecule has 2 fully saturated rings. The molecule has 1 aromatic heterocycles. The first-order chi connectivity index (χ1) is 26.6. The average molecular weight is 777 g/mol. The van der Waals surface area contributed by atoms with Crippen molar-refractivity contribution in [1.29, 1.82) is 0 Å². The van der Waals surface area contributed by atoms with E-state index >= 15 is 0 Å². The Hall–Kier alpha value is -5.21. The molecule has 2 aliphatic heterocycles. The van der Waals surface area contributed by atoms with Crippen molar-refractivity contribution in [2.45, 2.75) is 49.9 Å². The highest BCUT2D eigenvalue weighted by Crippen LogP contribution is 2.45. The van der Waals surface area contributed by atoms with Crippen LogP contribution < -0.4 is 11.1 Å². The van der Waals surface area contributed by atoms with Crippen molar-refractivity contribution < 1.29 is 35.9 Å². The Morgan fingerprint density at radius 2 is 1.38 bits per heavy atom. The Balaban J connectivity index is 1.34. The van der Waals surface area contributed by atoms with Gasteiger partial charge < -0.3 is 25.6 Å². The van der Waals surface area contributed by atoms with Gasteiger partial charge in [-0.15, -0.1) is 10.2 Å². The molecule has 3 heterocycles. The summed E-state index contributed by atoms with van der Waals surface area (Å²) in [6.45, 7) is 2.92. The lowest BCUT2D eigenvalue weighted by Crippen LogP contribution is -2.29. The van der Waals surface area contributed by atoms with Crippen LogP contribution in [-0.4, -0.2) is 73.4 Å². The molecule has 2 aliphatic rings. The highest BCUT2D eigenvalue weighted by Gasteiger charge is 2.35. The molecule has 0 radical (unpaired) electrons. The molecule has 2 saturated heterocycles. The van der Waals surface area contributed by atoms with E-state index < -0.39 is 29.4 Å². The van der Waals surface area contributed by atoms with E-state index in [9.17, 15) is 31.1 Å². The van der Waals surface area contributed by atoms with Gasteiger partial charge in [0.15, 0.2) is 5.82 Å². The number of nitrogens with zero attached hydrogens (tertiary/aromatic N) is 4. The lowest BCUT2D eigenvalue weighted by Gasteiger charge is -2.31. The van der Waals surface area contributed by atoms with Gasteiger partial charge >= 0.3 is 18.3 Å². The number of nitrogen functional groups attached to an aromatic ring is 1. The smallest absolute Gasteiger partial charge is 0.416 e. The van der Waals surface area contributed by atoms with Gasteiger partial charge in [-0.2, -0.15) is 26.3 Å². The second-order valence-corrected chi connectivity index (χ2v) is 14.8. The molecule has 56 heavy (non-hydrogen) atoms. The maximum Gasteiger partial charge on any atom is 0.416 e. The second kappa shape index (κ2) is 15.4. The molecule has 294 valence electrons. The van der Waals surface area contributed by atoms with E-state index in [2.05, 4.69) is 25.3 Å². The molecule has 7 rings (SSSR count). The molecular weight excluding hydrogens is 734 g/mol. The van der Waals surface area contributed by atoms with Crippen molar-refractivity contribution in [3.05, 3.63) is 101 Å². The summed E-state index contributed by atoms with van der Waals surface area (Å²) in [5.74, 6) is -0.751. The molecule has 0 amide bonds. The molecule has 0 aliphatic carbocycles. The number of methoxy groups -OCH3 is 1. The molecular formula is C42H42F6N6O2. The minimum atomic E-state index is -4.65. The number of halogens is 6. The monoisotopic (exact) mass is 776 g/mol. The quantitative estimate of drug-likeness (QED) is 0.0959. The van der Waals surface area contributed by atoms with Crippen LogP contribution in [0.25, 0.3) is 33.2 Å². The fraction of sp³-hybridized carbons (Fsp3) is 0.357. The Labute approximate surface area is 320 Å². The zero-order valence-electron chi connectivity index (χ0n) is 31.2. The summed E-state index contributed by atoms with van der Waals surface area (Å²) in [6.07, 6.45) is -6.55. The van der Waals surface area contributed by atoms with Gasteiger partial charge in [0.2, 0.25) is 0 Å². The van der Waals surface area contributed by atoms with Crippen LogP contribution in [0, 0.1) is 0 Å². The van der Waals surface area contributed by atoms with Crippen LogP contribution in [0.4, 0.5) is 43.5 Å². The fourth-order valence-corrected chi connectivity index (χ4v) is 8.00. The van der Waals surface area contributed by atoms with Crippen molar-refractivity contribution in [3.63, 3.8) is 0 Å². The number of hydrogen-bond acceptors (Lipinski definition) is 8. The van der Waals surface area contributed by atoms with Crippen molar-refractivity contribution in [2.24, 2.45) is 0 Å². The summed E-state index contributed by atoms with van der Waals surface area (Å²) < 4.78 is 90.1. The number of aromatic nitrogens is 2. The van der Waals surface area contributed by atoms with E-state index in [1.54, 1.807) is 42.5 Å². The molecule has 5 aromatic rings. The number of hydrogen-bond donors (Lipinski definition) is 2. The van der Waals surface area contributed by atoms with Crippen LogP contribution in [0.2, 0.25) is 0 Å². The molecule has 0 unspecified atom stereocenters. The maximum atomic E-state index is 14.2. The van der Waals surface area contributed by atoms with Crippen molar-refractivity contribution in [2.75, 3.05) is 58.4 Å². The van der Waals surface area contributed by atoms with Crippen LogP contribution in [0.15, 0.2) is 72.8 Å². The number of benzene rings is 4. The summed E-state index contributed by atoms with van der Waals surface area (Å²) in [5.41, 5.74) is 7.53. The van der Waals surface area contributed by atoms with Crippen LogP contribution >= 0.6 is 0 Å². The molecule has 8 nitrogen and oxygen atoms in total. The summed E-state index contributed by atoms with van der Waals surface area (Å²) in [7, 11) is 5.17. The number of alkyl halides is 6. The zero-order valence-corrected chi connectivity index (χ0v) is 31.2. The van der Waals surface area contributed by atoms with Gasteiger partial charge in [-0.25, -0.2) is 4.79 Å². The van der Waals surface area contributed by atoms with Crippen molar-refractivity contribution in [1.82, 2.24) is 20.0 Å². The van der Waals surface area contributed by atoms with Gasteiger partial charge in [-0.05, 0) is 137 Å². The number of likely N-dealkylation sites (tertiary alicyclic amines) is 2. The van der Waals surface area contributed by atoms with E-state index in [0.29, 0.717) is 64.7 Å². The number of anilines is 3. The van der Waals surface area contributed by atoms with Gasteiger partial charge in [0, 0.05) is 33.3 Å². The van der Waals surface area contributed by atoms with Crippen molar-refractivity contribution in [3.8, 4) is 22.4 Å². The highest BCUT2D eigenvalue weighted by molar-refractivity contribution is 6.04. The summed E-state index contributed by atoms with van der Waals surface area (Å²) in [4.78, 5) is 17.5. The minimum Gasteiger partial charge on any atom is -0.465 e. The normalized spacial score (nSPS) is 16.7. The number of nitrogens with one attached hydrogen (secondary N) is 1. The van der Waals surface area contributed by atoms with Gasteiger partial charge in [-0.1, -0.05) is 30.3 Å². The predicted molar refractivity (Wildman–Crippen MR) is 205 cm³/mol. The summed E-state index contributed by atoms with van der Waals surface area (Å²) in [5, 5.41) is 13.3. The van der Waals surface area contributed by atoms with E-state index in [-0.39, 0.29) is 40.2 Å². The predicted octanol–water partition coefficient (Wildman–Crippen LogP) is 9.73. The van der Waals surface area contributed by atoms with E-state index in [0.717, 1.165) is 44.1 Å². The number of carbonyl (C=O) groups is 1. The lowest BCUT2D eigenvalue weighted by molar-refractivity contribution is -0.138. The van der Waals surface area contributed by atoms with Crippen LogP contribution in [-0.2, 0) is 17.1 Å². The lowest BCUT2D eigenvalue weighted by atomic mass is 9.81. The van der Waals surface area contributed by atoms with Crippen LogP contribution in [0.1, 0.15) is 70.1 Å². The number of rotatable bonds is 7. The summed E-state index contributed by atoms with van der Waals surface area (Å²) in [6, 6.07) is 18.0. The number of piperidine rings is 2. The largest absolute Gasteiger partial charge is 0.465 e. The topological polar surface area (TPSA) is 96.6 Å². The standard InChI is InChI=1S/C42H42F6N6O2/c1-53-14-10-24(11-15-53)27-18-28(41(43,44)45)21-30(19-27)50-39-32-7-5-4-6-31(32)38(51-52-39)26-8-9-33(40(55)56-3)35(20-26)37-34(25-12-16-54(2)17-13-25)22-29(23-36(37)49)42(46,47)48/h4-9,18-25H,10-17,49H2,1-3H3,(H,50,52). The number of esters is 1. The zero-order chi connectivity index (χ0) is 39.9. The Bertz CT molecular complexity index is 2260. The van der Waals surface area contributed by atoms with Gasteiger partial charge in [0.1, 0.15) is 5.69 Å². The Kier molecular flexibility index (Phi) is 10.7. The number of nitrogens with two attached hydrogens (primary N) is 1. The highest BCUT2D eigenvalue weighted by atomic mass is 19.4. The van der Waals surface area contributed by atoms with E-state index in [1.165, 1.54) is 19.2 Å². The average Bonchev–Trinajstić information content (AvgIpc) is 3.17. The maximum absolute atomic E-state index is 14.2. The Morgan fingerprint density at radius 3 is 2.00 bits per heavy atom. The molecule has 14 heteroatoms. The van der Waals surface area contributed by atoms with E-state index in [4.69, 9.17) is 10.5 Å². The fourth-order valence-electron chi connectivity index (χ4n) is 8.00. The van der Waals surface area contributed by atoms with E-state index in [1.807, 2.05) is 14.1 Å². The first kappa shape index (κ1) is 39.0. The molecule has 0 bridgehead atoms. The first-order valence-electron chi connectivity index (χ1n) is 18.5. The van der Waals surface area contributed by atoms with Crippen molar-refractivity contribution >= 4 is 33.9 Å². The third kappa shape index (κ3) is 8.03. The summed E-state index contributed by atoms with van der Waals surface area (Å²) >= 11 is 0.